The SMILES string of the molecule is CNc1cc(C(=O)Nc2nncs2)c2ccccc2n1. The number of amides is 1. The van der Waals surface area contributed by atoms with Gasteiger partial charge in [-0.1, -0.05) is 29.5 Å². The standard InChI is InChI=1S/C13H11N5OS/c1-14-11-6-9(8-4-2-3-5-10(8)16-11)12(19)17-13-18-15-7-20-13/h2-7H,1H3,(H,14,16)(H,17,18,19). The van der Waals surface area contributed by atoms with Gasteiger partial charge in [0.2, 0.25) is 5.13 Å². The van der Waals surface area contributed by atoms with Crippen molar-refractivity contribution < 1.29 is 4.79 Å². The molecule has 7 heteroatoms. The Morgan fingerprint density at radius 3 is 2.90 bits per heavy atom. The summed E-state index contributed by atoms with van der Waals surface area (Å²) >= 11 is 1.28. The molecule has 0 saturated heterocycles. The van der Waals surface area contributed by atoms with Crippen LogP contribution in [-0.2, 0) is 0 Å². The fraction of sp³-hybridized carbons (Fsp3) is 0.0769. The van der Waals surface area contributed by atoms with Crippen molar-refractivity contribution >= 4 is 39.1 Å². The van der Waals surface area contributed by atoms with Crippen molar-refractivity contribution in [2.24, 2.45) is 0 Å². The van der Waals surface area contributed by atoms with E-state index in [-0.39, 0.29) is 5.91 Å². The summed E-state index contributed by atoms with van der Waals surface area (Å²) in [6.07, 6.45) is 0. The van der Waals surface area contributed by atoms with Crippen molar-refractivity contribution in [1.82, 2.24) is 15.2 Å². The molecule has 0 aliphatic heterocycles. The Morgan fingerprint density at radius 1 is 1.30 bits per heavy atom. The van der Waals surface area contributed by atoms with Gasteiger partial charge < -0.3 is 5.32 Å². The first-order valence-corrected chi connectivity index (χ1v) is 6.81. The highest BCUT2D eigenvalue weighted by molar-refractivity contribution is 7.13. The molecule has 0 aliphatic rings. The summed E-state index contributed by atoms with van der Waals surface area (Å²) in [6, 6.07) is 9.24. The molecule has 2 aromatic heterocycles. The number of nitrogens with zero attached hydrogens (tertiary/aromatic N) is 3. The second-order valence-electron chi connectivity index (χ2n) is 4.02. The molecule has 2 heterocycles. The first-order valence-electron chi connectivity index (χ1n) is 5.93. The molecule has 0 spiro atoms. The van der Waals surface area contributed by atoms with E-state index in [4.69, 9.17) is 0 Å². The van der Waals surface area contributed by atoms with E-state index in [0.29, 0.717) is 16.5 Å². The first-order chi connectivity index (χ1) is 9.78. The topological polar surface area (TPSA) is 79.8 Å². The van der Waals surface area contributed by atoms with E-state index in [2.05, 4.69) is 25.8 Å². The van der Waals surface area contributed by atoms with Gasteiger partial charge in [0.05, 0.1) is 11.1 Å². The monoisotopic (exact) mass is 285 g/mol. The van der Waals surface area contributed by atoms with Crippen molar-refractivity contribution in [3.8, 4) is 0 Å². The van der Waals surface area contributed by atoms with Crippen LogP contribution in [0.1, 0.15) is 10.4 Å². The molecule has 0 saturated carbocycles. The minimum atomic E-state index is -0.225. The lowest BCUT2D eigenvalue weighted by atomic mass is 10.1. The van der Waals surface area contributed by atoms with Gasteiger partial charge in [0.1, 0.15) is 11.3 Å². The number of pyridine rings is 1. The molecule has 0 radical (unpaired) electrons. The van der Waals surface area contributed by atoms with Gasteiger partial charge in [-0.05, 0) is 12.1 Å². The van der Waals surface area contributed by atoms with Gasteiger partial charge in [-0.2, -0.15) is 0 Å². The molecule has 1 aromatic carbocycles. The van der Waals surface area contributed by atoms with Crippen molar-refractivity contribution in [1.29, 1.82) is 0 Å². The fourth-order valence-electron chi connectivity index (χ4n) is 1.88. The maximum atomic E-state index is 12.4. The second-order valence-corrected chi connectivity index (χ2v) is 4.85. The van der Waals surface area contributed by atoms with E-state index in [9.17, 15) is 4.79 Å². The largest absolute Gasteiger partial charge is 0.373 e. The average Bonchev–Trinajstić information content (AvgIpc) is 2.98. The van der Waals surface area contributed by atoms with E-state index in [1.54, 1.807) is 18.6 Å². The number of para-hydroxylation sites is 1. The number of carbonyl (C=O) groups is 1. The highest BCUT2D eigenvalue weighted by Crippen LogP contribution is 2.22. The average molecular weight is 285 g/mol. The van der Waals surface area contributed by atoms with Crippen LogP contribution in [0.2, 0.25) is 0 Å². The third kappa shape index (κ3) is 2.30. The summed E-state index contributed by atoms with van der Waals surface area (Å²) in [4.78, 5) is 16.8. The number of carbonyl (C=O) groups excluding carboxylic acids is 1. The van der Waals surface area contributed by atoms with Gasteiger partial charge in [-0.15, -0.1) is 10.2 Å². The second kappa shape index (κ2) is 5.22. The Kier molecular flexibility index (Phi) is 3.26. The maximum absolute atomic E-state index is 12.4. The Hall–Kier alpha value is -2.54. The summed E-state index contributed by atoms with van der Waals surface area (Å²) in [5.74, 6) is 0.419. The molecule has 20 heavy (non-hydrogen) atoms. The molecule has 1 amide bonds. The Balaban J connectivity index is 2.07. The Labute approximate surface area is 118 Å². The lowest BCUT2D eigenvalue weighted by molar-refractivity contribution is 0.102. The molecular weight excluding hydrogens is 274 g/mol. The van der Waals surface area contributed by atoms with E-state index >= 15 is 0 Å². The fourth-order valence-corrected chi connectivity index (χ4v) is 2.32. The number of hydrogen-bond donors (Lipinski definition) is 2. The van der Waals surface area contributed by atoms with Crippen LogP contribution >= 0.6 is 11.3 Å². The zero-order valence-electron chi connectivity index (χ0n) is 10.6. The number of nitrogens with one attached hydrogen (secondary N) is 2. The molecule has 6 nitrogen and oxygen atoms in total. The van der Waals surface area contributed by atoms with Crippen LogP contribution in [-0.4, -0.2) is 28.1 Å². The summed E-state index contributed by atoms with van der Waals surface area (Å²) < 4.78 is 0. The number of fused-ring (bicyclic) bond motifs is 1. The third-order valence-corrected chi connectivity index (χ3v) is 3.40. The van der Waals surface area contributed by atoms with Gasteiger partial charge in [0, 0.05) is 12.4 Å². The molecule has 0 unspecified atom stereocenters. The highest BCUT2D eigenvalue weighted by atomic mass is 32.1. The summed E-state index contributed by atoms with van der Waals surface area (Å²) in [5.41, 5.74) is 2.89. The predicted molar refractivity (Wildman–Crippen MR) is 79.2 cm³/mol. The van der Waals surface area contributed by atoms with E-state index in [1.165, 1.54) is 11.3 Å². The van der Waals surface area contributed by atoms with Crippen LogP contribution in [0.15, 0.2) is 35.8 Å². The molecule has 3 aromatic rings. The van der Waals surface area contributed by atoms with E-state index in [0.717, 1.165) is 10.9 Å². The molecule has 0 fully saturated rings. The van der Waals surface area contributed by atoms with Crippen LogP contribution in [0, 0.1) is 0 Å². The zero-order chi connectivity index (χ0) is 13.9. The molecule has 2 N–H and O–H groups in total. The zero-order valence-corrected chi connectivity index (χ0v) is 11.4. The van der Waals surface area contributed by atoms with Gasteiger partial charge in [-0.3, -0.25) is 10.1 Å². The number of benzene rings is 1. The van der Waals surface area contributed by atoms with Gasteiger partial charge in [0.25, 0.3) is 5.91 Å². The quantitative estimate of drug-likeness (QED) is 0.772. The molecule has 100 valence electrons. The van der Waals surface area contributed by atoms with E-state index < -0.39 is 0 Å². The lowest BCUT2D eigenvalue weighted by Crippen LogP contribution is -2.13. The van der Waals surface area contributed by atoms with Gasteiger partial charge >= 0.3 is 0 Å². The van der Waals surface area contributed by atoms with Crippen LogP contribution in [0.25, 0.3) is 10.9 Å². The molecule has 0 atom stereocenters. The van der Waals surface area contributed by atoms with Crippen LogP contribution < -0.4 is 10.6 Å². The number of aromatic nitrogens is 3. The van der Waals surface area contributed by atoms with Crippen LogP contribution in [0.5, 0.6) is 0 Å². The maximum Gasteiger partial charge on any atom is 0.258 e. The van der Waals surface area contributed by atoms with Crippen molar-refractivity contribution in [3.63, 3.8) is 0 Å². The molecule has 0 aliphatic carbocycles. The summed E-state index contributed by atoms with van der Waals surface area (Å²) in [6.45, 7) is 0. The van der Waals surface area contributed by atoms with Crippen LogP contribution in [0.4, 0.5) is 10.9 Å². The highest BCUT2D eigenvalue weighted by Gasteiger charge is 2.13. The molecular formula is C13H11N5OS. The lowest BCUT2D eigenvalue weighted by Gasteiger charge is -2.08. The van der Waals surface area contributed by atoms with Gasteiger partial charge in [0.15, 0.2) is 0 Å². The third-order valence-electron chi connectivity index (χ3n) is 2.80. The number of hydrogen-bond acceptors (Lipinski definition) is 6. The summed E-state index contributed by atoms with van der Waals surface area (Å²) in [7, 11) is 1.77. The van der Waals surface area contributed by atoms with Gasteiger partial charge in [-0.25, -0.2) is 4.98 Å². The Bertz CT molecular complexity index is 757. The molecule has 3 rings (SSSR count). The minimum absolute atomic E-state index is 0.225. The van der Waals surface area contributed by atoms with Crippen molar-refractivity contribution in [3.05, 3.63) is 41.4 Å². The summed E-state index contributed by atoms with van der Waals surface area (Å²) in [5, 5.41) is 14.5. The smallest absolute Gasteiger partial charge is 0.258 e. The van der Waals surface area contributed by atoms with E-state index in [1.807, 2.05) is 24.3 Å². The van der Waals surface area contributed by atoms with Crippen LogP contribution in [0.3, 0.4) is 0 Å². The van der Waals surface area contributed by atoms with Crippen molar-refractivity contribution in [2.45, 2.75) is 0 Å². The first kappa shape index (κ1) is 12.5. The molecule has 0 bridgehead atoms. The normalized spacial score (nSPS) is 10.4. The minimum Gasteiger partial charge on any atom is -0.373 e. The predicted octanol–water partition coefficient (Wildman–Crippen LogP) is 2.38. The Morgan fingerprint density at radius 2 is 2.15 bits per heavy atom. The van der Waals surface area contributed by atoms with Crippen molar-refractivity contribution in [2.75, 3.05) is 17.7 Å². The number of rotatable bonds is 3. The number of anilines is 2.